The van der Waals surface area contributed by atoms with E-state index < -0.39 is 6.04 Å². The van der Waals surface area contributed by atoms with Crippen LogP contribution in [0.5, 0.6) is 11.5 Å². The molecule has 10 heteroatoms. The molecule has 0 aliphatic carbocycles. The van der Waals surface area contributed by atoms with E-state index in [0.29, 0.717) is 41.6 Å². The second-order valence-corrected chi connectivity index (χ2v) is 9.24. The van der Waals surface area contributed by atoms with Gasteiger partial charge in [-0.25, -0.2) is 10.2 Å². The minimum absolute atomic E-state index is 0.0253. The summed E-state index contributed by atoms with van der Waals surface area (Å²) in [7, 11) is 0. The van der Waals surface area contributed by atoms with Gasteiger partial charge in [-0.3, -0.25) is 20.0 Å². The Morgan fingerprint density at radius 2 is 1.76 bits per heavy atom. The predicted octanol–water partition coefficient (Wildman–Crippen LogP) is 4.45. The molecular weight excluding hydrogens is 497 g/mol. The SMILES string of the molecule is N=CN(N)CC(=O)N1CC(Cc2ccccc2Cl)C[C@H]1C(=O)Nc1ccc(Oc2ccc(F)cc2)cc1. The number of hydrogen-bond acceptors (Lipinski definition) is 5. The summed E-state index contributed by atoms with van der Waals surface area (Å²) < 4.78 is 18.8. The third-order valence-electron chi connectivity index (χ3n) is 6.13. The highest BCUT2D eigenvalue weighted by molar-refractivity contribution is 6.31. The van der Waals surface area contributed by atoms with Crippen molar-refractivity contribution in [2.24, 2.45) is 11.8 Å². The van der Waals surface area contributed by atoms with Crippen molar-refractivity contribution in [2.75, 3.05) is 18.4 Å². The lowest BCUT2D eigenvalue weighted by atomic mass is 9.96. The molecule has 1 heterocycles. The zero-order valence-corrected chi connectivity index (χ0v) is 20.7. The summed E-state index contributed by atoms with van der Waals surface area (Å²) in [6.45, 7) is 0.167. The van der Waals surface area contributed by atoms with Gasteiger partial charge in [-0.15, -0.1) is 0 Å². The highest BCUT2D eigenvalue weighted by atomic mass is 35.5. The molecular formula is C27H27ClFN5O3. The van der Waals surface area contributed by atoms with Crippen molar-refractivity contribution >= 4 is 35.4 Å². The number of ether oxygens (including phenoxy) is 1. The molecule has 3 aromatic carbocycles. The van der Waals surface area contributed by atoms with E-state index in [-0.39, 0.29) is 30.1 Å². The number of hydrogen-bond donors (Lipinski definition) is 3. The molecule has 1 aliphatic heterocycles. The number of anilines is 1. The quantitative estimate of drug-likeness (QED) is 0.166. The molecule has 1 fully saturated rings. The van der Waals surface area contributed by atoms with Gasteiger partial charge in [0.2, 0.25) is 11.8 Å². The minimum Gasteiger partial charge on any atom is -0.457 e. The number of benzene rings is 3. The Balaban J connectivity index is 1.44. The fraction of sp³-hybridized carbons (Fsp3) is 0.222. The summed E-state index contributed by atoms with van der Waals surface area (Å²) in [6.07, 6.45) is 1.95. The van der Waals surface area contributed by atoms with Crippen LogP contribution in [0, 0.1) is 17.1 Å². The Hall–Kier alpha value is -3.95. The van der Waals surface area contributed by atoms with Crippen LogP contribution in [0.1, 0.15) is 12.0 Å². The number of amides is 2. The Morgan fingerprint density at radius 1 is 1.11 bits per heavy atom. The number of nitrogens with zero attached hydrogens (tertiary/aromatic N) is 2. The van der Waals surface area contributed by atoms with E-state index in [1.807, 2.05) is 24.3 Å². The number of hydrazine groups is 1. The van der Waals surface area contributed by atoms with E-state index >= 15 is 0 Å². The number of likely N-dealkylation sites (tertiary alicyclic amines) is 1. The van der Waals surface area contributed by atoms with Gasteiger partial charge in [-0.1, -0.05) is 29.8 Å². The summed E-state index contributed by atoms with van der Waals surface area (Å²) in [5, 5.41) is 11.7. The van der Waals surface area contributed by atoms with Gasteiger partial charge in [0, 0.05) is 17.3 Å². The van der Waals surface area contributed by atoms with Crippen LogP contribution in [0.3, 0.4) is 0 Å². The molecule has 1 aliphatic rings. The van der Waals surface area contributed by atoms with Gasteiger partial charge in [-0.2, -0.15) is 0 Å². The molecule has 192 valence electrons. The third-order valence-corrected chi connectivity index (χ3v) is 6.50. The van der Waals surface area contributed by atoms with Crippen LogP contribution in [0.4, 0.5) is 10.1 Å². The molecule has 8 nitrogen and oxygen atoms in total. The van der Waals surface area contributed by atoms with Crippen molar-refractivity contribution in [3.05, 3.63) is 89.2 Å². The van der Waals surface area contributed by atoms with Gasteiger partial charge in [0.05, 0.1) is 6.34 Å². The highest BCUT2D eigenvalue weighted by Gasteiger charge is 2.39. The summed E-state index contributed by atoms with van der Waals surface area (Å²) in [6, 6.07) is 19.2. The van der Waals surface area contributed by atoms with Crippen molar-refractivity contribution < 1.29 is 18.7 Å². The minimum atomic E-state index is -0.700. The van der Waals surface area contributed by atoms with E-state index in [4.69, 9.17) is 27.6 Å². The zero-order valence-electron chi connectivity index (χ0n) is 19.9. The van der Waals surface area contributed by atoms with Crippen LogP contribution in [0.15, 0.2) is 72.8 Å². The van der Waals surface area contributed by atoms with Crippen molar-refractivity contribution in [3.8, 4) is 11.5 Å². The monoisotopic (exact) mass is 523 g/mol. The molecule has 4 rings (SSSR count). The molecule has 0 radical (unpaired) electrons. The maximum Gasteiger partial charge on any atom is 0.247 e. The Morgan fingerprint density at radius 3 is 2.41 bits per heavy atom. The van der Waals surface area contributed by atoms with E-state index in [9.17, 15) is 14.0 Å². The largest absolute Gasteiger partial charge is 0.457 e. The first-order chi connectivity index (χ1) is 17.8. The normalized spacial score (nSPS) is 16.8. The lowest BCUT2D eigenvalue weighted by Gasteiger charge is -2.25. The fourth-order valence-electron chi connectivity index (χ4n) is 4.33. The van der Waals surface area contributed by atoms with Gasteiger partial charge < -0.3 is 15.0 Å². The van der Waals surface area contributed by atoms with E-state index in [1.165, 1.54) is 29.2 Å². The summed E-state index contributed by atoms with van der Waals surface area (Å²) in [5.74, 6) is 5.67. The summed E-state index contributed by atoms with van der Waals surface area (Å²) in [5.41, 5.74) is 1.50. The molecule has 0 aromatic heterocycles. The third kappa shape index (κ3) is 6.84. The first-order valence-corrected chi connectivity index (χ1v) is 12.1. The van der Waals surface area contributed by atoms with Crippen LogP contribution < -0.4 is 15.9 Å². The molecule has 2 atom stereocenters. The molecule has 37 heavy (non-hydrogen) atoms. The Bertz CT molecular complexity index is 1260. The molecule has 1 saturated heterocycles. The van der Waals surface area contributed by atoms with E-state index in [0.717, 1.165) is 16.9 Å². The van der Waals surface area contributed by atoms with Crippen molar-refractivity contribution in [1.82, 2.24) is 9.91 Å². The number of nitrogens with two attached hydrogens (primary N) is 1. The zero-order chi connectivity index (χ0) is 26.4. The average molecular weight is 524 g/mol. The maximum absolute atomic E-state index is 13.3. The van der Waals surface area contributed by atoms with Crippen molar-refractivity contribution in [1.29, 1.82) is 5.41 Å². The predicted molar refractivity (Wildman–Crippen MR) is 140 cm³/mol. The number of carbonyl (C=O) groups is 2. The lowest BCUT2D eigenvalue weighted by Crippen LogP contribution is -2.48. The second kappa shape index (κ2) is 11.9. The van der Waals surface area contributed by atoms with Crippen LogP contribution in [-0.2, 0) is 16.0 Å². The topological polar surface area (TPSA) is 112 Å². The molecule has 0 spiro atoms. The molecule has 0 bridgehead atoms. The van der Waals surface area contributed by atoms with Gasteiger partial charge >= 0.3 is 0 Å². The van der Waals surface area contributed by atoms with Gasteiger partial charge in [0.1, 0.15) is 29.9 Å². The molecule has 4 N–H and O–H groups in total. The second-order valence-electron chi connectivity index (χ2n) is 8.83. The number of carbonyl (C=O) groups excluding carboxylic acids is 2. The first kappa shape index (κ1) is 26.1. The summed E-state index contributed by atoms with van der Waals surface area (Å²) in [4.78, 5) is 27.7. The highest BCUT2D eigenvalue weighted by Crippen LogP contribution is 2.30. The van der Waals surface area contributed by atoms with Crippen LogP contribution in [-0.4, -0.2) is 47.2 Å². The van der Waals surface area contributed by atoms with Crippen LogP contribution in [0.2, 0.25) is 5.02 Å². The standard InChI is InChI=1S/C27H27ClFN5O3/c28-24-4-2-1-3-19(24)13-18-14-25(34(15-18)26(35)16-33(31)17-30)27(36)32-21-7-11-23(12-8-21)37-22-9-5-20(29)6-10-22/h1-12,17-18,25,30H,13-16,31H2,(H,32,36)/t18?,25-/m0/s1. The molecule has 0 saturated carbocycles. The first-order valence-electron chi connectivity index (χ1n) is 11.7. The number of nitrogens with one attached hydrogen (secondary N) is 2. The van der Waals surface area contributed by atoms with Gasteiger partial charge in [0.15, 0.2) is 0 Å². The number of rotatable bonds is 9. The Kier molecular flexibility index (Phi) is 8.37. The van der Waals surface area contributed by atoms with Gasteiger partial charge in [-0.05, 0) is 78.9 Å². The Labute approximate surface area is 219 Å². The average Bonchev–Trinajstić information content (AvgIpc) is 3.32. The van der Waals surface area contributed by atoms with E-state index in [1.54, 1.807) is 24.3 Å². The summed E-state index contributed by atoms with van der Waals surface area (Å²) >= 11 is 6.33. The molecule has 3 aromatic rings. The lowest BCUT2D eigenvalue weighted by molar-refractivity contribution is -0.137. The van der Waals surface area contributed by atoms with Crippen molar-refractivity contribution in [3.63, 3.8) is 0 Å². The smallest absolute Gasteiger partial charge is 0.247 e. The fourth-order valence-corrected chi connectivity index (χ4v) is 4.55. The van der Waals surface area contributed by atoms with Crippen molar-refractivity contribution in [2.45, 2.75) is 18.9 Å². The van der Waals surface area contributed by atoms with E-state index in [2.05, 4.69) is 5.32 Å². The van der Waals surface area contributed by atoms with Crippen LogP contribution in [0.25, 0.3) is 0 Å². The number of halogens is 2. The molecule has 1 unspecified atom stereocenters. The molecule has 2 amide bonds. The maximum atomic E-state index is 13.3. The van der Waals surface area contributed by atoms with Gasteiger partial charge in [0.25, 0.3) is 0 Å². The van der Waals surface area contributed by atoms with Crippen LogP contribution >= 0.6 is 11.6 Å².